The number of ketones is 1. The predicted octanol–water partition coefficient (Wildman–Crippen LogP) is -0.983. The smallest absolute Gasteiger partial charge is 0.236 e. The zero-order valence-corrected chi connectivity index (χ0v) is 7.25. The Kier molecular flexibility index (Phi) is 5.23. The molecule has 0 aliphatic heterocycles. The lowest BCUT2D eigenvalue weighted by atomic mass is 10.2. The summed E-state index contributed by atoms with van der Waals surface area (Å²) in [5, 5.41) is 1.04. The number of amides is 1. The van der Waals surface area contributed by atoms with Crippen molar-refractivity contribution in [2.75, 3.05) is 13.1 Å². The second-order valence-corrected chi connectivity index (χ2v) is 2.58. The van der Waals surface area contributed by atoms with Crippen LogP contribution in [0, 0.1) is 0 Å². The van der Waals surface area contributed by atoms with E-state index in [1.807, 2.05) is 0 Å². The van der Waals surface area contributed by atoms with Crippen molar-refractivity contribution >= 4 is 11.7 Å². The molecule has 0 spiro atoms. The molecule has 5 heteroatoms. The summed E-state index contributed by atoms with van der Waals surface area (Å²) < 4.78 is 0. The number of hydrazine groups is 1. The van der Waals surface area contributed by atoms with Gasteiger partial charge in [-0.2, -0.15) is 0 Å². The highest BCUT2D eigenvalue weighted by molar-refractivity contribution is 5.83. The highest BCUT2D eigenvalue weighted by Gasteiger charge is 2.08. The Morgan fingerprint density at radius 3 is 2.33 bits per heavy atom. The number of carbonyl (C=O) groups is 2. The number of hydrogen-bond donors (Lipinski definition) is 2. The van der Waals surface area contributed by atoms with E-state index in [0.717, 1.165) is 5.01 Å². The lowest BCUT2D eigenvalue weighted by molar-refractivity contribution is -0.133. The first-order valence-corrected chi connectivity index (χ1v) is 3.82. The number of hydrogen-bond acceptors (Lipinski definition) is 4. The van der Waals surface area contributed by atoms with Crippen molar-refractivity contribution in [2.45, 2.75) is 19.8 Å². The Hall–Kier alpha value is -0.940. The highest BCUT2D eigenvalue weighted by atomic mass is 16.2. The third-order valence-corrected chi connectivity index (χ3v) is 1.38. The standard InChI is InChI=1S/C7H15N3O2/c1-6(11)2-3-7(12)10(9)5-4-8/h2-5,8-9H2,1H3. The van der Waals surface area contributed by atoms with Crippen molar-refractivity contribution in [3.8, 4) is 0 Å². The van der Waals surface area contributed by atoms with Crippen molar-refractivity contribution in [2.24, 2.45) is 11.6 Å². The fourth-order valence-electron chi connectivity index (χ4n) is 0.690. The van der Waals surface area contributed by atoms with E-state index >= 15 is 0 Å². The van der Waals surface area contributed by atoms with Crippen LogP contribution in [0.5, 0.6) is 0 Å². The molecule has 0 radical (unpaired) electrons. The maximum atomic E-state index is 11.0. The topological polar surface area (TPSA) is 89.4 Å². The lowest BCUT2D eigenvalue weighted by Crippen LogP contribution is -2.40. The Morgan fingerprint density at radius 2 is 1.92 bits per heavy atom. The van der Waals surface area contributed by atoms with Gasteiger partial charge in [0.2, 0.25) is 5.91 Å². The molecule has 0 unspecified atom stereocenters. The molecule has 0 aliphatic rings. The Bertz CT molecular complexity index is 170. The maximum absolute atomic E-state index is 11.0. The summed E-state index contributed by atoms with van der Waals surface area (Å²) in [5.74, 6) is 5.06. The first-order chi connectivity index (χ1) is 5.57. The molecular weight excluding hydrogens is 158 g/mol. The normalized spacial score (nSPS) is 9.58. The predicted molar refractivity (Wildman–Crippen MR) is 44.9 cm³/mol. The molecule has 0 saturated carbocycles. The molecule has 5 nitrogen and oxygen atoms in total. The third-order valence-electron chi connectivity index (χ3n) is 1.38. The zero-order valence-electron chi connectivity index (χ0n) is 7.25. The van der Waals surface area contributed by atoms with Gasteiger partial charge < -0.3 is 10.5 Å². The third kappa shape index (κ3) is 4.81. The first kappa shape index (κ1) is 11.1. The van der Waals surface area contributed by atoms with Gasteiger partial charge in [0.05, 0.1) is 0 Å². The fraction of sp³-hybridized carbons (Fsp3) is 0.714. The van der Waals surface area contributed by atoms with E-state index in [0.29, 0.717) is 13.1 Å². The fourth-order valence-corrected chi connectivity index (χ4v) is 0.690. The highest BCUT2D eigenvalue weighted by Crippen LogP contribution is 1.93. The van der Waals surface area contributed by atoms with Gasteiger partial charge in [-0.05, 0) is 6.92 Å². The van der Waals surface area contributed by atoms with Crippen LogP contribution in [-0.2, 0) is 9.59 Å². The molecule has 0 bridgehead atoms. The Labute approximate surface area is 71.7 Å². The number of carbonyl (C=O) groups excluding carboxylic acids is 2. The maximum Gasteiger partial charge on any atom is 0.236 e. The Balaban J connectivity index is 3.64. The van der Waals surface area contributed by atoms with Crippen LogP contribution in [0.4, 0.5) is 0 Å². The minimum absolute atomic E-state index is 0.00972. The SMILES string of the molecule is CC(=O)CCC(=O)N(N)CCN. The van der Waals surface area contributed by atoms with Gasteiger partial charge >= 0.3 is 0 Å². The molecule has 4 N–H and O–H groups in total. The van der Waals surface area contributed by atoms with Crippen molar-refractivity contribution in [1.29, 1.82) is 0 Å². The van der Waals surface area contributed by atoms with Crippen LogP contribution in [-0.4, -0.2) is 29.8 Å². The van der Waals surface area contributed by atoms with Crippen LogP contribution in [0.3, 0.4) is 0 Å². The van der Waals surface area contributed by atoms with Gasteiger partial charge in [-0.25, -0.2) is 5.84 Å². The van der Waals surface area contributed by atoms with Crippen LogP contribution < -0.4 is 11.6 Å². The Morgan fingerprint density at radius 1 is 1.33 bits per heavy atom. The van der Waals surface area contributed by atoms with Crippen LogP contribution in [0.15, 0.2) is 0 Å². The van der Waals surface area contributed by atoms with Gasteiger partial charge in [0.25, 0.3) is 0 Å². The quantitative estimate of drug-likeness (QED) is 0.317. The van der Waals surface area contributed by atoms with E-state index < -0.39 is 0 Å². The van der Waals surface area contributed by atoms with Crippen LogP contribution in [0.1, 0.15) is 19.8 Å². The van der Waals surface area contributed by atoms with Crippen LogP contribution in [0.25, 0.3) is 0 Å². The molecule has 0 aromatic rings. The van der Waals surface area contributed by atoms with Crippen molar-refractivity contribution in [1.82, 2.24) is 5.01 Å². The van der Waals surface area contributed by atoms with Gasteiger partial charge in [-0.1, -0.05) is 0 Å². The minimum Gasteiger partial charge on any atom is -0.329 e. The second-order valence-electron chi connectivity index (χ2n) is 2.58. The van der Waals surface area contributed by atoms with Gasteiger partial charge in [0.15, 0.2) is 0 Å². The largest absolute Gasteiger partial charge is 0.329 e. The van der Waals surface area contributed by atoms with Crippen LogP contribution >= 0.6 is 0 Å². The van der Waals surface area contributed by atoms with Crippen molar-refractivity contribution in [3.05, 3.63) is 0 Å². The summed E-state index contributed by atoms with van der Waals surface area (Å²) in [7, 11) is 0. The molecule has 70 valence electrons. The van der Waals surface area contributed by atoms with E-state index in [1.165, 1.54) is 6.92 Å². The first-order valence-electron chi connectivity index (χ1n) is 3.82. The number of nitrogens with zero attached hydrogens (tertiary/aromatic N) is 1. The molecule has 0 aromatic heterocycles. The van der Waals surface area contributed by atoms with Crippen LogP contribution in [0.2, 0.25) is 0 Å². The molecule has 1 amide bonds. The van der Waals surface area contributed by atoms with E-state index in [-0.39, 0.29) is 24.5 Å². The van der Waals surface area contributed by atoms with E-state index in [9.17, 15) is 9.59 Å². The number of rotatable bonds is 5. The molecular formula is C7H15N3O2. The van der Waals surface area contributed by atoms with Gasteiger partial charge in [-0.15, -0.1) is 0 Å². The molecule has 0 aliphatic carbocycles. The van der Waals surface area contributed by atoms with E-state index in [4.69, 9.17) is 11.6 Å². The van der Waals surface area contributed by atoms with Gasteiger partial charge in [0.1, 0.15) is 5.78 Å². The average Bonchev–Trinajstić information content (AvgIpc) is 2.00. The van der Waals surface area contributed by atoms with E-state index in [1.54, 1.807) is 0 Å². The van der Waals surface area contributed by atoms with Crippen molar-refractivity contribution in [3.63, 3.8) is 0 Å². The summed E-state index contributed by atoms with van der Waals surface area (Å²) in [6, 6.07) is 0. The van der Waals surface area contributed by atoms with Gasteiger partial charge in [0, 0.05) is 25.9 Å². The molecule has 0 rings (SSSR count). The second kappa shape index (κ2) is 5.68. The van der Waals surface area contributed by atoms with Gasteiger partial charge in [-0.3, -0.25) is 9.80 Å². The summed E-state index contributed by atoms with van der Waals surface area (Å²) >= 11 is 0. The van der Waals surface area contributed by atoms with Crippen molar-refractivity contribution < 1.29 is 9.59 Å². The molecule has 0 aromatic carbocycles. The molecule has 0 heterocycles. The summed E-state index contributed by atoms with van der Waals surface area (Å²) in [6.45, 7) is 2.11. The van der Waals surface area contributed by atoms with E-state index in [2.05, 4.69) is 0 Å². The summed E-state index contributed by atoms with van der Waals surface area (Å²) in [5.41, 5.74) is 5.18. The monoisotopic (exact) mass is 173 g/mol. The lowest BCUT2D eigenvalue weighted by Gasteiger charge is -2.14. The minimum atomic E-state index is -0.240. The summed E-state index contributed by atoms with van der Waals surface area (Å²) in [4.78, 5) is 21.5. The number of nitrogens with two attached hydrogens (primary N) is 2. The number of Topliss-reactive ketones (excluding diaryl/α,β-unsaturated/α-hetero) is 1. The molecule has 12 heavy (non-hydrogen) atoms. The molecule has 0 saturated heterocycles. The molecule has 0 fully saturated rings. The molecule has 0 atom stereocenters. The summed E-state index contributed by atoms with van der Waals surface area (Å²) in [6.07, 6.45) is 0.420. The zero-order chi connectivity index (χ0) is 9.56. The average molecular weight is 173 g/mol.